The molecule has 1 aliphatic rings. The van der Waals surface area contributed by atoms with Crippen molar-refractivity contribution in [3.8, 4) is 0 Å². The molecule has 0 unspecified atom stereocenters. The summed E-state index contributed by atoms with van der Waals surface area (Å²) in [5.41, 5.74) is 0. The molecule has 0 bridgehead atoms. The second kappa shape index (κ2) is 5.30. The highest BCUT2D eigenvalue weighted by atomic mass is 16.4. The fraction of sp³-hybridized carbons (Fsp3) is 0.818. The number of nitrogens with one attached hydrogen (secondary N) is 2. The molecule has 1 saturated carbocycles. The maximum Gasteiger partial charge on any atom is 0.315 e. The van der Waals surface area contributed by atoms with Gasteiger partial charge in [0.1, 0.15) is 0 Å². The Morgan fingerprint density at radius 1 is 1.38 bits per heavy atom. The van der Waals surface area contributed by atoms with E-state index in [0.717, 1.165) is 13.0 Å². The third kappa shape index (κ3) is 3.81. The summed E-state index contributed by atoms with van der Waals surface area (Å²) >= 11 is 0. The summed E-state index contributed by atoms with van der Waals surface area (Å²) in [6, 6.07) is 1.21. The standard InChI is InChI=1S/C11H20N4O/c1-8(2)5-6-12-11-15-14-10(16-11)7-13-9-3-4-9/h8-9,13H,3-7H2,1-2H3,(H,12,15). The minimum atomic E-state index is 0.535. The monoisotopic (exact) mass is 224 g/mol. The molecule has 5 heteroatoms. The quantitative estimate of drug-likeness (QED) is 0.739. The Morgan fingerprint density at radius 3 is 2.88 bits per heavy atom. The van der Waals surface area contributed by atoms with E-state index in [-0.39, 0.29) is 0 Å². The van der Waals surface area contributed by atoms with Crippen LogP contribution in [-0.4, -0.2) is 22.8 Å². The summed E-state index contributed by atoms with van der Waals surface area (Å²) < 4.78 is 5.45. The van der Waals surface area contributed by atoms with Crippen LogP contribution >= 0.6 is 0 Å². The summed E-state index contributed by atoms with van der Waals surface area (Å²) in [4.78, 5) is 0. The molecule has 16 heavy (non-hydrogen) atoms. The van der Waals surface area contributed by atoms with Crippen LogP contribution in [-0.2, 0) is 6.54 Å². The summed E-state index contributed by atoms with van der Waals surface area (Å²) in [7, 11) is 0. The van der Waals surface area contributed by atoms with E-state index in [1.54, 1.807) is 0 Å². The van der Waals surface area contributed by atoms with Crippen LogP contribution in [0.4, 0.5) is 6.01 Å². The molecule has 2 rings (SSSR count). The van der Waals surface area contributed by atoms with Crippen molar-refractivity contribution in [3.05, 3.63) is 5.89 Å². The van der Waals surface area contributed by atoms with Crippen molar-refractivity contribution in [2.45, 2.75) is 45.7 Å². The van der Waals surface area contributed by atoms with Gasteiger partial charge >= 0.3 is 6.01 Å². The molecule has 90 valence electrons. The van der Waals surface area contributed by atoms with Gasteiger partial charge in [-0.1, -0.05) is 18.9 Å². The van der Waals surface area contributed by atoms with Crippen molar-refractivity contribution in [1.29, 1.82) is 0 Å². The third-order valence-corrected chi connectivity index (χ3v) is 2.58. The van der Waals surface area contributed by atoms with Crippen LogP contribution < -0.4 is 10.6 Å². The molecule has 1 aliphatic carbocycles. The summed E-state index contributed by atoms with van der Waals surface area (Å²) in [5.74, 6) is 1.35. The van der Waals surface area contributed by atoms with Gasteiger partial charge in [-0.05, 0) is 25.2 Å². The van der Waals surface area contributed by atoms with Crippen molar-refractivity contribution in [2.24, 2.45) is 5.92 Å². The van der Waals surface area contributed by atoms with Gasteiger partial charge in [0.25, 0.3) is 0 Å². The molecule has 0 amide bonds. The summed E-state index contributed by atoms with van der Waals surface area (Å²) in [6.07, 6.45) is 3.65. The normalized spacial score (nSPS) is 15.7. The first-order valence-corrected chi connectivity index (χ1v) is 6.03. The van der Waals surface area contributed by atoms with Gasteiger partial charge in [-0.25, -0.2) is 0 Å². The lowest BCUT2D eigenvalue weighted by Crippen LogP contribution is -2.15. The molecule has 1 heterocycles. The number of hydrogen-bond donors (Lipinski definition) is 2. The molecular formula is C11H20N4O. The lowest BCUT2D eigenvalue weighted by atomic mass is 10.1. The van der Waals surface area contributed by atoms with Crippen LogP contribution in [0.2, 0.25) is 0 Å². The number of nitrogens with zero attached hydrogens (tertiary/aromatic N) is 2. The smallest absolute Gasteiger partial charge is 0.315 e. The minimum Gasteiger partial charge on any atom is -0.407 e. The molecule has 0 saturated heterocycles. The van der Waals surface area contributed by atoms with Crippen molar-refractivity contribution < 1.29 is 4.42 Å². The summed E-state index contributed by atoms with van der Waals surface area (Å²) in [6.45, 7) is 5.96. The number of anilines is 1. The van der Waals surface area contributed by atoms with Crippen molar-refractivity contribution >= 4 is 6.01 Å². The van der Waals surface area contributed by atoms with Gasteiger partial charge in [-0.3, -0.25) is 0 Å². The van der Waals surface area contributed by atoms with Crippen LogP contribution in [0.1, 0.15) is 39.0 Å². The molecule has 1 aromatic rings. The van der Waals surface area contributed by atoms with Gasteiger partial charge in [0.05, 0.1) is 6.54 Å². The highest BCUT2D eigenvalue weighted by Gasteiger charge is 2.21. The fourth-order valence-corrected chi connectivity index (χ4v) is 1.38. The largest absolute Gasteiger partial charge is 0.407 e. The van der Waals surface area contributed by atoms with Gasteiger partial charge in [-0.2, -0.15) is 0 Å². The van der Waals surface area contributed by atoms with Crippen LogP contribution in [0.5, 0.6) is 0 Å². The zero-order valence-electron chi connectivity index (χ0n) is 9.99. The SMILES string of the molecule is CC(C)CCNc1nnc(CNC2CC2)o1. The molecule has 0 radical (unpaired) electrons. The highest BCUT2D eigenvalue weighted by molar-refractivity contribution is 5.16. The minimum absolute atomic E-state index is 0.535. The summed E-state index contributed by atoms with van der Waals surface area (Å²) in [5, 5.41) is 14.4. The maximum atomic E-state index is 5.45. The zero-order chi connectivity index (χ0) is 11.4. The van der Waals surface area contributed by atoms with E-state index in [9.17, 15) is 0 Å². The Labute approximate surface area is 96.0 Å². The van der Waals surface area contributed by atoms with Gasteiger partial charge < -0.3 is 15.1 Å². The molecular weight excluding hydrogens is 204 g/mol. The number of rotatable bonds is 7. The van der Waals surface area contributed by atoms with E-state index in [1.165, 1.54) is 12.8 Å². The van der Waals surface area contributed by atoms with E-state index >= 15 is 0 Å². The second-order valence-electron chi connectivity index (χ2n) is 4.77. The number of hydrogen-bond acceptors (Lipinski definition) is 5. The Hall–Kier alpha value is -1.10. The number of aromatic nitrogens is 2. The van der Waals surface area contributed by atoms with Crippen LogP contribution in [0.3, 0.4) is 0 Å². The van der Waals surface area contributed by atoms with Crippen LogP contribution in [0, 0.1) is 5.92 Å². The van der Waals surface area contributed by atoms with Gasteiger partial charge in [-0.15, -0.1) is 5.10 Å². The van der Waals surface area contributed by atoms with E-state index in [1.807, 2.05) is 0 Å². The molecule has 5 nitrogen and oxygen atoms in total. The lowest BCUT2D eigenvalue weighted by Gasteiger charge is -2.03. The maximum absolute atomic E-state index is 5.45. The third-order valence-electron chi connectivity index (χ3n) is 2.58. The van der Waals surface area contributed by atoms with Gasteiger partial charge in [0, 0.05) is 12.6 Å². The van der Waals surface area contributed by atoms with Crippen LogP contribution in [0.25, 0.3) is 0 Å². The zero-order valence-corrected chi connectivity index (χ0v) is 9.99. The first-order valence-electron chi connectivity index (χ1n) is 6.03. The molecule has 0 atom stereocenters. The molecule has 2 N–H and O–H groups in total. The predicted octanol–water partition coefficient (Wildman–Crippen LogP) is 1.78. The molecule has 0 spiro atoms. The topological polar surface area (TPSA) is 63.0 Å². The Kier molecular flexibility index (Phi) is 3.77. The Balaban J connectivity index is 1.68. The van der Waals surface area contributed by atoms with E-state index in [4.69, 9.17) is 4.42 Å². The predicted molar refractivity (Wildman–Crippen MR) is 62.1 cm³/mol. The molecule has 0 aliphatic heterocycles. The lowest BCUT2D eigenvalue weighted by molar-refractivity contribution is 0.473. The fourth-order valence-electron chi connectivity index (χ4n) is 1.38. The van der Waals surface area contributed by atoms with E-state index in [0.29, 0.717) is 30.4 Å². The van der Waals surface area contributed by atoms with Gasteiger partial charge in [0.2, 0.25) is 5.89 Å². The average molecular weight is 224 g/mol. The first kappa shape index (κ1) is 11.4. The highest BCUT2D eigenvalue weighted by Crippen LogP contribution is 2.19. The average Bonchev–Trinajstić information content (AvgIpc) is 2.96. The van der Waals surface area contributed by atoms with E-state index < -0.39 is 0 Å². The van der Waals surface area contributed by atoms with Gasteiger partial charge in [0.15, 0.2) is 0 Å². The van der Waals surface area contributed by atoms with Crippen molar-refractivity contribution in [1.82, 2.24) is 15.5 Å². The Bertz CT molecular complexity index is 320. The Morgan fingerprint density at radius 2 is 2.19 bits per heavy atom. The first-order chi connectivity index (χ1) is 7.74. The second-order valence-corrected chi connectivity index (χ2v) is 4.77. The molecule has 0 aromatic carbocycles. The van der Waals surface area contributed by atoms with Crippen molar-refractivity contribution in [3.63, 3.8) is 0 Å². The van der Waals surface area contributed by atoms with E-state index in [2.05, 4.69) is 34.7 Å². The van der Waals surface area contributed by atoms with Crippen LogP contribution in [0.15, 0.2) is 4.42 Å². The van der Waals surface area contributed by atoms with Crippen molar-refractivity contribution in [2.75, 3.05) is 11.9 Å². The molecule has 1 aromatic heterocycles. The molecule has 1 fully saturated rings.